The number of aliphatic hydroxyl groups excluding tert-OH is 1. The molecule has 3 nitrogen and oxygen atoms in total. The van der Waals surface area contributed by atoms with Crippen molar-refractivity contribution in [2.75, 3.05) is 0 Å². The van der Waals surface area contributed by atoms with Crippen LogP contribution in [0.1, 0.15) is 66.7 Å². The van der Waals surface area contributed by atoms with Crippen LogP contribution in [0.25, 0.3) is 0 Å². The van der Waals surface area contributed by atoms with Crippen LogP contribution < -0.4 is 0 Å². The van der Waals surface area contributed by atoms with Crippen LogP contribution >= 0.6 is 0 Å². The minimum atomic E-state index is -0.493. The zero-order valence-electron chi connectivity index (χ0n) is 15.3. The molecule has 3 fully saturated rings. The number of ketones is 1. The van der Waals surface area contributed by atoms with Gasteiger partial charge in [0.1, 0.15) is 5.78 Å². The predicted molar refractivity (Wildman–Crippen MR) is 91.1 cm³/mol. The van der Waals surface area contributed by atoms with Gasteiger partial charge in [0.25, 0.3) is 0 Å². The standard InChI is InChI=1S/C20H32O3/c1-7-18(4)10-8-14-19(5)11-9-15(22)17(2,3)16(19)13(21)12-20(14,6)23-18/h7,13-14,16,21H,1,8-12H2,2-6H3/t13-,14-,16+,18-,19-,20-/m0/s1. The van der Waals surface area contributed by atoms with Crippen molar-refractivity contribution in [2.45, 2.75) is 84.0 Å². The molecule has 0 spiro atoms. The number of rotatable bonds is 1. The second kappa shape index (κ2) is 4.92. The van der Waals surface area contributed by atoms with Crippen LogP contribution in [-0.4, -0.2) is 28.2 Å². The average molecular weight is 320 g/mol. The van der Waals surface area contributed by atoms with Gasteiger partial charge in [0, 0.05) is 24.2 Å². The van der Waals surface area contributed by atoms with Crippen LogP contribution in [0.4, 0.5) is 0 Å². The first-order chi connectivity index (χ1) is 10.5. The molecule has 0 aromatic carbocycles. The fraction of sp³-hybridized carbons (Fsp3) is 0.850. The third-order valence-electron chi connectivity index (χ3n) is 7.46. The maximum atomic E-state index is 12.5. The van der Waals surface area contributed by atoms with Crippen LogP contribution in [-0.2, 0) is 9.53 Å². The van der Waals surface area contributed by atoms with Crippen LogP contribution in [0.2, 0.25) is 0 Å². The number of ether oxygens (including phenoxy) is 1. The molecule has 0 aromatic rings. The van der Waals surface area contributed by atoms with Crippen molar-refractivity contribution in [2.24, 2.45) is 22.7 Å². The first kappa shape index (κ1) is 17.2. The van der Waals surface area contributed by atoms with Crippen LogP contribution in [0, 0.1) is 22.7 Å². The molecule has 2 saturated carbocycles. The Hall–Kier alpha value is -0.670. The Morgan fingerprint density at radius 3 is 2.48 bits per heavy atom. The number of hydrogen-bond acceptors (Lipinski definition) is 3. The summed E-state index contributed by atoms with van der Waals surface area (Å²) in [5.74, 6) is 0.699. The second-order valence-corrected chi connectivity index (χ2v) is 9.42. The summed E-state index contributed by atoms with van der Waals surface area (Å²) in [5.41, 5.74) is -1.16. The molecule has 3 rings (SSSR count). The molecule has 0 bridgehead atoms. The normalized spacial score (nSPS) is 52.4. The minimum absolute atomic E-state index is 0.0195. The van der Waals surface area contributed by atoms with Crippen molar-refractivity contribution in [1.29, 1.82) is 0 Å². The summed E-state index contributed by atoms with van der Waals surface area (Å²) in [6.45, 7) is 14.5. The lowest BCUT2D eigenvalue weighted by molar-refractivity contribution is -0.273. The van der Waals surface area contributed by atoms with Crippen LogP contribution in [0.3, 0.4) is 0 Å². The number of carbonyl (C=O) groups excluding carboxylic acids is 1. The lowest BCUT2D eigenvalue weighted by Crippen LogP contribution is -2.67. The van der Waals surface area contributed by atoms with Gasteiger partial charge in [-0.15, -0.1) is 6.58 Å². The molecule has 0 amide bonds. The van der Waals surface area contributed by atoms with Gasteiger partial charge in [-0.25, -0.2) is 0 Å². The summed E-state index contributed by atoms with van der Waals surface area (Å²) >= 11 is 0. The van der Waals surface area contributed by atoms with E-state index in [-0.39, 0.29) is 22.5 Å². The lowest BCUT2D eigenvalue weighted by atomic mass is 9.43. The van der Waals surface area contributed by atoms with E-state index < -0.39 is 11.5 Å². The Morgan fingerprint density at radius 2 is 1.87 bits per heavy atom. The maximum Gasteiger partial charge on any atom is 0.138 e. The van der Waals surface area contributed by atoms with Crippen LogP contribution in [0.5, 0.6) is 0 Å². The quantitative estimate of drug-likeness (QED) is 0.746. The minimum Gasteiger partial charge on any atom is -0.393 e. The van der Waals surface area contributed by atoms with E-state index in [0.29, 0.717) is 24.5 Å². The fourth-order valence-electron chi connectivity index (χ4n) is 6.45. The van der Waals surface area contributed by atoms with Gasteiger partial charge in [-0.3, -0.25) is 4.79 Å². The Labute approximate surface area is 140 Å². The molecule has 6 atom stereocenters. The molecule has 3 heteroatoms. The van der Waals surface area contributed by atoms with E-state index in [9.17, 15) is 9.90 Å². The van der Waals surface area contributed by atoms with Crippen molar-refractivity contribution in [3.05, 3.63) is 12.7 Å². The van der Waals surface area contributed by atoms with Gasteiger partial charge < -0.3 is 9.84 Å². The number of hydrogen-bond donors (Lipinski definition) is 1. The molecule has 1 heterocycles. The summed E-state index contributed by atoms with van der Waals surface area (Å²) in [5, 5.41) is 11.0. The predicted octanol–water partition coefficient (Wildman–Crippen LogP) is 3.89. The number of fused-ring (bicyclic) bond motifs is 3. The molecule has 1 saturated heterocycles. The highest BCUT2D eigenvalue weighted by atomic mass is 16.5. The summed E-state index contributed by atoms with van der Waals surface area (Å²) in [6, 6.07) is 0. The molecule has 0 unspecified atom stereocenters. The highest BCUT2D eigenvalue weighted by Crippen LogP contribution is 2.64. The molecule has 1 aliphatic heterocycles. The Balaban J connectivity index is 2.03. The topological polar surface area (TPSA) is 46.5 Å². The van der Waals surface area contributed by atoms with Crippen molar-refractivity contribution >= 4 is 5.78 Å². The number of carbonyl (C=O) groups is 1. The zero-order valence-corrected chi connectivity index (χ0v) is 15.3. The van der Waals surface area contributed by atoms with Gasteiger partial charge >= 0.3 is 0 Å². The van der Waals surface area contributed by atoms with Crippen molar-refractivity contribution in [1.82, 2.24) is 0 Å². The SMILES string of the molecule is C=C[C@@]1(C)CC[C@H]2[C@]3(C)CCC(=O)C(C)(C)[C@H]3[C@@H](O)C[C@]2(C)O1. The second-order valence-electron chi connectivity index (χ2n) is 9.42. The van der Waals surface area contributed by atoms with E-state index in [1.165, 1.54) is 0 Å². The van der Waals surface area contributed by atoms with E-state index in [4.69, 9.17) is 4.74 Å². The smallest absolute Gasteiger partial charge is 0.138 e. The van der Waals surface area contributed by atoms with E-state index in [2.05, 4.69) is 27.4 Å². The third-order valence-corrected chi connectivity index (χ3v) is 7.46. The van der Waals surface area contributed by atoms with Gasteiger partial charge in [0.2, 0.25) is 0 Å². The highest BCUT2D eigenvalue weighted by molar-refractivity contribution is 5.85. The van der Waals surface area contributed by atoms with E-state index in [0.717, 1.165) is 19.3 Å². The molecule has 3 aliphatic rings. The van der Waals surface area contributed by atoms with Crippen molar-refractivity contribution < 1.29 is 14.6 Å². The summed E-state index contributed by atoms with van der Waals surface area (Å²) in [7, 11) is 0. The fourth-order valence-corrected chi connectivity index (χ4v) is 6.45. The van der Waals surface area contributed by atoms with Gasteiger partial charge in [-0.2, -0.15) is 0 Å². The largest absolute Gasteiger partial charge is 0.393 e. The van der Waals surface area contributed by atoms with E-state index >= 15 is 0 Å². The monoisotopic (exact) mass is 320 g/mol. The highest BCUT2D eigenvalue weighted by Gasteiger charge is 2.65. The van der Waals surface area contributed by atoms with Crippen molar-refractivity contribution in [3.8, 4) is 0 Å². The number of aliphatic hydroxyl groups is 1. The Morgan fingerprint density at radius 1 is 1.22 bits per heavy atom. The molecular formula is C20H32O3. The van der Waals surface area contributed by atoms with Gasteiger partial charge in [0.05, 0.1) is 17.3 Å². The van der Waals surface area contributed by atoms with E-state index in [1.807, 2.05) is 19.9 Å². The first-order valence-electron chi connectivity index (χ1n) is 9.04. The van der Waals surface area contributed by atoms with Gasteiger partial charge in [-0.1, -0.05) is 26.8 Å². The molecule has 23 heavy (non-hydrogen) atoms. The molecular weight excluding hydrogens is 288 g/mol. The van der Waals surface area contributed by atoms with Crippen LogP contribution in [0.15, 0.2) is 12.7 Å². The van der Waals surface area contributed by atoms with E-state index in [1.54, 1.807) is 0 Å². The Bertz CT molecular complexity index is 539. The zero-order chi connectivity index (χ0) is 17.3. The molecule has 0 aromatic heterocycles. The van der Waals surface area contributed by atoms with Crippen molar-refractivity contribution in [3.63, 3.8) is 0 Å². The summed E-state index contributed by atoms with van der Waals surface area (Å²) in [4.78, 5) is 12.5. The Kier molecular flexibility index (Phi) is 3.67. The van der Waals surface area contributed by atoms with Gasteiger partial charge in [-0.05, 0) is 44.4 Å². The van der Waals surface area contributed by atoms with Gasteiger partial charge in [0.15, 0.2) is 0 Å². The maximum absolute atomic E-state index is 12.5. The molecule has 2 aliphatic carbocycles. The molecule has 0 radical (unpaired) electrons. The first-order valence-corrected chi connectivity index (χ1v) is 9.04. The molecule has 1 N–H and O–H groups in total. The average Bonchev–Trinajstić information content (AvgIpc) is 2.41. The lowest BCUT2D eigenvalue weighted by Gasteiger charge is -2.65. The number of Topliss-reactive ketones (excluding diaryl/α,β-unsaturated/α-hetero) is 1. The molecule has 130 valence electrons. The third kappa shape index (κ3) is 2.26. The summed E-state index contributed by atoms with van der Waals surface area (Å²) in [6.07, 6.45) is 5.55. The summed E-state index contributed by atoms with van der Waals surface area (Å²) < 4.78 is 6.53.